The average Bonchev–Trinajstić information content (AvgIpc) is 2.06. The van der Waals surface area contributed by atoms with Gasteiger partial charge >= 0.3 is 63.2 Å². The molecule has 196 valence electrons. The van der Waals surface area contributed by atoms with Crippen molar-refractivity contribution in [3.63, 3.8) is 0 Å². The Bertz CT molecular complexity index is 124. The van der Waals surface area contributed by atoms with E-state index in [1.807, 2.05) is 0 Å². The number of amides is 1. The van der Waals surface area contributed by atoms with Crippen molar-refractivity contribution in [2.24, 2.45) is 0 Å². The molecule has 0 fully saturated rings. The molecule has 0 aliphatic heterocycles. The van der Waals surface area contributed by atoms with E-state index >= 15 is 0 Å². The monoisotopic (exact) mass is 947 g/mol. The van der Waals surface area contributed by atoms with Crippen LogP contribution in [0.1, 0.15) is 88.6 Å². The number of ether oxygens (including phenoxy) is 1. The fourth-order valence-electron chi connectivity index (χ4n) is 0. The van der Waals surface area contributed by atoms with Gasteiger partial charge in [-0.15, -0.1) is 0 Å². The fraction of sp³-hybridized carbons (Fsp3) is 0.714. The Morgan fingerprint density at radius 1 is 0.586 bits per heavy atom. The predicted octanol–water partition coefficient (Wildman–Crippen LogP) is 7.77. The SMILES string of the molecule is C.C.C.C.C.C.C.C.C.C.C.CN(C)[C-]=O.CO[C-]=O.C[C-]=O.[CH3-].[CH3-].[CH3-].[W+2].[W+2].[W+2]. The van der Waals surface area contributed by atoms with Crippen molar-refractivity contribution in [3.8, 4) is 0 Å². The smallest absolute Gasteiger partial charge is 0.655 e. The van der Waals surface area contributed by atoms with Gasteiger partial charge in [-0.3, -0.25) is 6.29 Å². The Hall–Kier alpha value is 0.675. The summed E-state index contributed by atoms with van der Waals surface area (Å²) in [5.74, 6) is 0. The minimum absolute atomic E-state index is 0. The molecular formula is C21H65NO4W3. The maximum absolute atomic E-state index is 9.31. The quantitative estimate of drug-likeness (QED) is 0.210. The van der Waals surface area contributed by atoms with E-state index in [0.717, 1.165) is 0 Å². The summed E-state index contributed by atoms with van der Waals surface area (Å²) in [4.78, 5) is 28.1. The first-order valence-electron chi connectivity index (χ1n) is 2.84. The van der Waals surface area contributed by atoms with Crippen LogP contribution in [-0.2, 0) is 82.3 Å². The summed E-state index contributed by atoms with van der Waals surface area (Å²) in [5, 5.41) is 0. The summed E-state index contributed by atoms with van der Waals surface area (Å²) in [7, 11) is 4.52. The second kappa shape index (κ2) is 373. The van der Waals surface area contributed by atoms with Gasteiger partial charge in [0.15, 0.2) is 0 Å². The van der Waals surface area contributed by atoms with E-state index in [1.165, 1.54) is 31.7 Å². The van der Waals surface area contributed by atoms with Crippen molar-refractivity contribution in [1.82, 2.24) is 4.90 Å². The van der Waals surface area contributed by atoms with Crippen molar-refractivity contribution in [2.75, 3.05) is 21.2 Å². The number of hydrogen-bond donors (Lipinski definition) is 0. The molecule has 0 aliphatic rings. The summed E-state index contributed by atoms with van der Waals surface area (Å²) in [6, 6.07) is 0. The van der Waals surface area contributed by atoms with Crippen LogP contribution in [0.2, 0.25) is 0 Å². The zero-order valence-electron chi connectivity index (χ0n) is 11.8. The molecule has 0 saturated carbocycles. The first-order chi connectivity index (χ1) is 5.60. The third kappa shape index (κ3) is 1510. The minimum atomic E-state index is 0. The van der Waals surface area contributed by atoms with Crippen molar-refractivity contribution in [3.05, 3.63) is 22.3 Å². The molecule has 0 aliphatic carbocycles. The normalized spacial score (nSPS) is 2.34. The molecule has 0 saturated heterocycles. The third-order valence-corrected chi connectivity index (χ3v) is 0.266. The number of rotatable bonds is 2. The largest absolute Gasteiger partial charge is 2.00 e. The Morgan fingerprint density at radius 2 is 0.655 bits per heavy atom. The van der Waals surface area contributed by atoms with Crippen LogP contribution in [0.25, 0.3) is 0 Å². The van der Waals surface area contributed by atoms with Crippen LogP contribution in [0, 0.1) is 22.3 Å². The Morgan fingerprint density at radius 3 is 0.655 bits per heavy atom. The number of methoxy groups -OCH3 is 1. The van der Waals surface area contributed by atoms with Gasteiger partial charge in [0.25, 0.3) is 0 Å². The van der Waals surface area contributed by atoms with Gasteiger partial charge in [-0.1, -0.05) is 88.2 Å². The molecule has 0 heterocycles. The van der Waals surface area contributed by atoms with Crippen LogP contribution in [0.5, 0.6) is 0 Å². The van der Waals surface area contributed by atoms with Crippen molar-refractivity contribution in [2.45, 2.75) is 88.6 Å². The Labute approximate surface area is 237 Å². The van der Waals surface area contributed by atoms with Gasteiger partial charge in [-0.2, -0.15) is 13.3 Å². The van der Waals surface area contributed by atoms with Gasteiger partial charge in [-0.25, -0.2) is 0 Å². The van der Waals surface area contributed by atoms with E-state index in [1.54, 1.807) is 20.5 Å². The van der Waals surface area contributed by atoms with E-state index < -0.39 is 0 Å². The van der Waals surface area contributed by atoms with E-state index in [9.17, 15) is 4.79 Å². The molecule has 5 nitrogen and oxygen atoms in total. The van der Waals surface area contributed by atoms with E-state index in [0.29, 0.717) is 0 Å². The van der Waals surface area contributed by atoms with Gasteiger partial charge in [0, 0.05) is 7.11 Å². The third-order valence-electron chi connectivity index (χ3n) is 0.266. The standard InChI is InChI=1S/C3H6NO.C2H3O2.C2H3O.11CH4.3CH3.3W/c1-4(2)3-5;1-4-2-3;1-2-3;;;;;;;;;;;;;;;;;/h1-2H3;1H3;1H3;11*1H4;3*1H3;;;/q3*-1;;;;;;;;;;;;3*-1;3*+2. The van der Waals surface area contributed by atoms with Crippen LogP contribution in [0.4, 0.5) is 0 Å². The zero-order chi connectivity index (χ0) is 10.4. The summed E-state index contributed by atoms with van der Waals surface area (Å²) in [6.45, 7) is 2.50. The molecule has 0 N–H and O–H groups in total. The minimum Gasteiger partial charge on any atom is -0.655 e. The van der Waals surface area contributed by atoms with Crippen LogP contribution < -0.4 is 0 Å². The number of hydrogen-bond acceptors (Lipinski definition) is 4. The van der Waals surface area contributed by atoms with Crippen LogP contribution >= 0.6 is 0 Å². The molecule has 0 radical (unpaired) electrons. The predicted molar refractivity (Wildman–Crippen MR) is 137 cm³/mol. The number of nitrogens with zero attached hydrogens (tertiary/aromatic N) is 1. The molecule has 1 amide bonds. The maximum Gasteiger partial charge on any atom is 2.00 e. The van der Waals surface area contributed by atoms with E-state index in [2.05, 4.69) is 4.74 Å². The molecule has 0 aromatic carbocycles. The summed E-state index contributed by atoms with van der Waals surface area (Å²) < 4.78 is 3.74. The summed E-state index contributed by atoms with van der Waals surface area (Å²) in [5.41, 5.74) is 0. The van der Waals surface area contributed by atoms with Crippen LogP contribution in [0.15, 0.2) is 0 Å². The Kier molecular flexibility index (Phi) is 3350. The topological polar surface area (TPSA) is 63.7 Å². The first-order valence-corrected chi connectivity index (χ1v) is 2.84. The summed E-state index contributed by atoms with van der Waals surface area (Å²) in [6.07, 6.45) is 3.11. The molecular weight excluding hydrogens is 882 g/mol. The summed E-state index contributed by atoms with van der Waals surface area (Å²) >= 11 is 0. The molecule has 0 bridgehead atoms. The van der Waals surface area contributed by atoms with E-state index in [4.69, 9.17) is 9.59 Å². The Balaban J connectivity index is -0.00000000182. The van der Waals surface area contributed by atoms with Crippen molar-refractivity contribution >= 4 is 19.2 Å². The number of carbonyl (C=O) groups excluding carboxylic acids is 3. The molecule has 0 aromatic rings. The van der Waals surface area contributed by atoms with Crippen LogP contribution in [-0.4, -0.2) is 45.3 Å². The second-order valence-corrected chi connectivity index (χ2v) is 1.48. The van der Waals surface area contributed by atoms with Gasteiger partial charge in [0.2, 0.25) is 0 Å². The molecule has 0 aromatic heterocycles. The van der Waals surface area contributed by atoms with Gasteiger partial charge in [0.05, 0.1) is 0 Å². The van der Waals surface area contributed by atoms with Gasteiger partial charge in [0.1, 0.15) is 0 Å². The average molecular weight is 947 g/mol. The van der Waals surface area contributed by atoms with Crippen molar-refractivity contribution in [1.29, 1.82) is 0 Å². The molecule has 0 unspecified atom stereocenters. The van der Waals surface area contributed by atoms with Gasteiger partial charge < -0.3 is 46.3 Å². The molecule has 0 rings (SSSR count). The van der Waals surface area contributed by atoms with Crippen molar-refractivity contribution < 1.29 is 82.3 Å². The zero-order valence-corrected chi connectivity index (χ0v) is 20.6. The molecule has 0 atom stereocenters. The van der Waals surface area contributed by atoms with Crippen LogP contribution in [0.3, 0.4) is 0 Å². The fourth-order valence-corrected chi connectivity index (χ4v) is 0. The second-order valence-electron chi connectivity index (χ2n) is 1.48. The maximum atomic E-state index is 9.31. The molecule has 0 spiro atoms. The molecule has 8 heteroatoms. The first kappa shape index (κ1) is 261. The van der Waals surface area contributed by atoms with Gasteiger partial charge in [-0.05, 0) is 14.1 Å². The van der Waals surface area contributed by atoms with E-state index in [-0.39, 0.29) is 167 Å². The molecule has 29 heavy (non-hydrogen) atoms.